The Kier molecular flexibility index (Phi) is 5.68. The number of benzene rings is 1. The summed E-state index contributed by atoms with van der Waals surface area (Å²) in [5.74, 6) is 0.388. The first-order chi connectivity index (χ1) is 9.96. The molecule has 0 saturated heterocycles. The van der Waals surface area contributed by atoms with Crippen molar-refractivity contribution in [1.29, 1.82) is 0 Å². The van der Waals surface area contributed by atoms with Gasteiger partial charge in [-0.3, -0.25) is 0 Å². The first-order valence-corrected chi connectivity index (χ1v) is 9.51. The van der Waals surface area contributed by atoms with Crippen molar-refractivity contribution in [3.63, 3.8) is 0 Å². The number of rotatable bonds is 4. The second kappa shape index (κ2) is 7.11. The predicted molar refractivity (Wildman–Crippen MR) is 87.1 cm³/mol. The van der Waals surface area contributed by atoms with Gasteiger partial charge in [-0.15, -0.1) is 0 Å². The predicted octanol–water partition coefficient (Wildman–Crippen LogP) is 3.80. The molecule has 2 rings (SSSR count). The maximum Gasteiger partial charge on any atom is 0.246 e. The summed E-state index contributed by atoms with van der Waals surface area (Å²) in [6.07, 6.45) is 6.47. The molecule has 6 heteroatoms. The molecular weight excluding hydrogens is 354 g/mol. The van der Waals surface area contributed by atoms with E-state index in [2.05, 4.69) is 15.9 Å². The van der Waals surface area contributed by atoms with Gasteiger partial charge in [0.2, 0.25) is 10.0 Å². The molecule has 0 N–H and O–H groups in total. The van der Waals surface area contributed by atoms with E-state index in [1.165, 1.54) is 24.3 Å². The van der Waals surface area contributed by atoms with Crippen LogP contribution in [-0.4, -0.2) is 32.9 Å². The molecule has 1 aromatic carbocycles. The zero-order chi connectivity index (χ0) is 15.5. The number of halogens is 1. The Morgan fingerprint density at radius 2 is 1.81 bits per heavy atom. The smallest absolute Gasteiger partial charge is 0.246 e. The Morgan fingerprint density at radius 1 is 1.19 bits per heavy atom. The Hall–Kier alpha value is -0.590. The molecule has 1 saturated carbocycles. The van der Waals surface area contributed by atoms with Gasteiger partial charge in [-0.05, 0) is 31.0 Å². The molecule has 1 aliphatic rings. The van der Waals surface area contributed by atoms with Gasteiger partial charge in [0, 0.05) is 17.6 Å². The van der Waals surface area contributed by atoms with Gasteiger partial charge in [-0.25, -0.2) is 8.42 Å². The van der Waals surface area contributed by atoms with E-state index in [9.17, 15) is 8.42 Å². The maximum absolute atomic E-state index is 12.9. The third-order valence-electron chi connectivity index (χ3n) is 4.12. The summed E-state index contributed by atoms with van der Waals surface area (Å²) in [6.45, 7) is 0. The van der Waals surface area contributed by atoms with Crippen LogP contribution in [0.4, 0.5) is 0 Å². The molecule has 0 unspecified atom stereocenters. The number of hydrogen-bond acceptors (Lipinski definition) is 3. The zero-order valence-corrected chi connectivity index (χ0v) is 14.9. The van der Waals surface area contributed by atoms with Gasteiger partial charge < -0.3 is 4.74 Å². The van der Waals surface area contributed by atoms with E-state index in [0.717, 1.165) is 30.2 Å². The zero-order valence-electron chi connectivity index (χ0n) is 12.5. The summed E-state index contributed by atoms with van der Waals surface area (Å²) in [6, 6.07) is 5.16. The summed E-state index contributed by atoms with van der Waals surface area (Å²) in [5, 5.41) is 0. The SMILES string of the molecule is COc1ccc(Br)cc1S(=O)(=O)N(C)C1CCCCCC1. The molecule has 118 valence electrons. The van der Waals surface area contributed by atoms with Crippen molar-refractivity contribution in [1.82, 2.24) is 4.31 Å². The maximum atomic E-state index is 12.9. The Balaban J connectivity index is 2.34. The second-order valence-electron chi connectivity index (χ2n) is 5.46. The fourth-order valence-electron chi connectivity index (χ4n) is 2.82. The fraction of sp³-hybridized carbons (Fsp3) is 0.600. The Bertz CT molecular complexity index is 581. The van der Waals surface area contributed by atoms with Crippen LogP contribution < -0.4 is 4.74 Å². The highest BCUT2D eigenvalue weighted by Crippen LogP contribution is 2.32. The summed E-state index contributed by atoms with van der Waals surface area (Å²) < 4.78 is 33.3. The van der Waals surface area contributed by atoms with Gasteiger partial charge in [-0.1, -0.05) is 41.6 Å². The van der Waals surface area contributed by atoms with Crippen molar-refractivity contribution >= 4 is 26.0 Å². The van der Waals surface area contributed by atoms with E-state index < -0.39 is 10.0 Å². The average molecular weight is 376 g/mol. The molecule has 0 radical (unpaired) electrons. The van der Waals surface area contributed by atoms with Crippen LogP contribution in [-0.2, 0) is 10.0 Å². The quantitative estimate of drug-likeness (QED) is 0.751. The molecule has 0 aromatic heterocycles. The van der Waals surface area contributed by atoms with E-state index >= 15 is 0 Å². The molecule has 0 aliphatic heterocycles. The van der Waals surface area contributed by atoms with E-state index in [-0.39, 0.29) is 10.9 Å². The molecule has 0 bridgehead atoms. The van der Waals surface area contributed by atoms with Crippen LogP contribution in [0.25, 0.3) is 0 Å². The largest absolute Gasteiger partial charge is 0.495 e. The minimum absolute atomic E-state index is 0.0844. The van der Waals surface area contributed by atoms with Crippen molar-refractivity contribution in [2.24, 2.45) is 0 Å². The third kappa shape index (κ3) is 3.79. The summed E-state index contributed by atoms with van der Waals surface area (Å²) >= 11 is 3.34. The summed E-state index contributed by atoms with van der Waals surface area (Å²) in [7, 11) is -0.362. The second-order valence-corrected chi connectivity index (χ2v) is 8.34. The summed E-state index contributed by atoms with van der Waals surface area (Å²) in [4.78, 5) is 0.228. The van der Waals surface area contributed by atoms with Gasteiger partial charge in [0.05, 0.1) is 7.11 Å². The number of hydrogen-bond donors (Lipinski definition) is 0. The molecule has 0 amide bonds. The lowest BCUT2D eigenvalue weighted by Gasteiger charge is -2.27. The van der Waals surface area contributed by atoms with Crippen LogP contribution in [0.15, 0.2) is 27.6 Å². The van der Waals surface area contributed by atoms with Crippen LogP contribution in [0, 0.1) is 0 Å². The van der Waals surface area contributed by atoms with Crippen LogP contribution in [0.3, 0.4) is 0 Å². The van der Waals surface area contributed by atoms with Crippen LogP contribution in [0.5, 0.6) is 5.75 Å². The van der Waals surface area contributed by atoms with Crippen molar-refractivity contribution in [2.45, 2.75) is 49.5 Å². The molecule has 21 heavy (non-hydrogen) atoms. The number of nitrogens with zero attached hydrogens (tertiary/aromatic N) is 1. The number of sulfonamides is 1. The van der Waals surface area contributed by atoms with E-state index in [4.69, 9.17) is 4.74 Å². The standard InChI is InChI=1S/C15H22BrNO3S/c1-17(13-7-5-3-4-6-8-13)21(18,19)15-11-12(16)9-10-14(15)20-2/h9-11,13H,3-8H2,1-2H3. The van der Waals surface area contributed by atoms with Gasteiger partial charge in [0.25, 0.3) is 0 Å². The molecule has 1 fully saturated rings. The van der Waals surface area contributed by atoms with Crippen molar-refractivity contribution in [3.05, 3.63) is 22.7 Å². The van der Waals surface area contributed by atoms with Crippen molar-refractivity contribution < 1.29 is 13.2 Å². The molecule has 4 nitrogen and oxygen atoms in total. The Labute approximate surface area is 135 Å². The van der Waals surface area contributed by atoms with Gasteiger partial charge in [-0.2, -0.15) is 4.31 Å². The van der Waals surface area contributed by atoms with Gasteiger partial charge in [0.1, 0.15) is 10.6 Å². The van der Waals surface area contributed by atoms with E-state index in [0.29, 0.717) is 5.75 Å². The van der Waals surface area contributed by atoms with Crippen molar-refractivity contribution in [3.8, 4) is 5.75 Å². The van der Waals surface area contributed by atoms with E-state index in [1.54, 1.807) is 25.2 Å². The lowest BCUT2D eigenvalue weighted by Crippen LogP contribution is -2.36. The first-order valence-electron chi connectivity index (χ1n) is 7.28. The van der Waals surface area contributed by atoms with E-state index in [1.807, 2.05) is 0 Å². The normalized spacial score (nSPS) is 17.7. The van der Waals surface area contributed by atoms with Gasteiger partial charge >= 0.3 is 0 Å². The van der Waals surface area contributed by atoms with Gasteiger partial charge in [0.15, 0.2) is 0 Å². The van der Waals surface area contributed by atoms with Crippen LogP contribution >= 0.6 is 15.9 Å². The highest BCUT2D eigenvalue weighted by Gasteiger charge is 2.30. The molecule has 0 spiro atoms. The highest BCUT2D eigenvalue weighted by atomic mass is 79.9. The molecule has 1 aromatic rings. The minimum Gasteiger partial charge on any atom is -0.495 e. The minimum atomic E-state index is -3.54. The fourth-order valence-corrected chi connectivity index (χ4v) is 4.93. The number of methoxy groups -OCH3 is 1. The molecule has 0 heterocycles. The topological polar surface area (TPSA) is 46.6 Å². The Morgan fingerprint density at radius 3 is 2.38 bits per heavy atom. The molecular formula is C15H22BrNO3S. The number of ether oxygens (including phenoxy) is 1. The molecule has 0 atom stereocenters. The average Bonchev–Trinajstić information content (AvgIpc) is 2.75. The highest BCUT2D eigenvalue weighted by molar-refractivity contribution is 9.10. The summed E-state index contributed by atoms with van der Waals surface area (Å²) in [5.41, 5.74) is 0. The van der Waals surface area contributed by atoms with Crippen LogP contribution in [0.1, 0.15) is 38.5 Å². The monoisotopic (exact) mass is 375 g/mol. The lowest BCUT2D eigenvalue weighted by atomic mass is 10.1. The van der Waals surface area contributed by atoms with Crippen molar-refractivity contribution in [2.75, 3.05) is 14.2 Å². The molecule has 1 aliphatic carbocycles. The lowest BCUT2D eigenvalue weighted by molar-refractivity contribution is 0.332. The first kappa shape index (κ1) is 16.8. The third-order valence-corrected chi connectivity index (χ3v) is 6.55. The van der Waals surface area contributed by atoms with Crippen LogP contribution in [0.2, 0.25) is 0 Å².